The van der Waals surface area contributed by atoms with Gasteiger partial charge in [-0.25, -0.2) is 4.98 Å². The molecular weight excluding hydrogens is 488 g/mol. The first-order valence-electron chi connectivity index (χ1n) is 13.6. The van der Waals surface area contributed by atoms with E-state index in [0.29, 0.717) is 24.7 Å². The Hall–Kier alpha value is -4.30. The Morgan fingerprint density at radius 2 is 1.74 bits per heavy atom. The maximum atomic E-state index is 13.3. The van der Waals surface area contributed by atoms with E-state index in [1.807, 2.05) is 36.5 Å². The molecule has 196 valence electrons. The number of carbonyl (C=O) groups is 1. The summed E-state index contributed by atoms with van der Waals surface area (Å²) >= 11 is 0. The average molecular weight is 519 g/mol. The van der Waals surface area contributed by atoms with E-state index >= 15 is 0 Å². The molecule has 0 radical (unpaired) electrons. The van der Waals surface area contributed by atoms with Gasteiger partial charge in [-0.3, -0.25) is 9.78 Å². The Morgan fingerprint density at radius 3 is 2.51 bits per heavy atom. The molecule has 2 aliphatic heterocycles. The van der Waals surface area contributed by atoms with Crippen LogP contribution >= 0.6 is 0 Å². The van der Waals surface area contributed by atoms with Crippen molar-refractivity contribution in [2.45, 2.75) is 25.3 Å². The van der Waals surface area contributed by atoms with Gasteiger partial charge in [0.1, 0.15) is 5.82 Å². The lowest BCUT2D eigenvalue weighted by atomic mass is 10.0. The normalized spacial score (nSPS) is 16.7. The smallest absolute Gasteiger partial charge is 0.251 e. The molecule has 4 heterocycles. The quantitative estimate of drug-likeness (QED) is 0.428. The number of amides is 1. The van der Waals surface area contributed by atoms with Gasteiger partial charge in [0.05, 0.1) is 30.8 Å². The lowest BCUT2D eigenvalue weighted by Crippen LogP contribution is -2.37. The second-order valence-corrected chi connectivity index (χ2v) is 10.3. The number of nitrogens with one attached hydrogen (secondary N) is 1. The third-order valence-electron chi connectivity index (χ3n) is 7.85. The number of anilines is 3. The summed E-state index contributed by atoms with van der Waals surface area (Å²) in [4.78, 5) is 32.2. The molecule has 1 aliphatic carbocycles. The zero-order valence-corrected chi connectivity index (χ0v) is 21.7. The fourth-order valence-corrected chi connectivity index (χ4v) is 5.89. The molecule has 8 nitrogen and oxygen atoms in total. The van der Waals surface area contributed by atoms with Gasteiger partial charge in [-0.15, -0.1) is 0 Å². The van der Waals surface area contributed by atoms with Crippen LogP contribution < -0.4 is 15.1 Å². The molecule has 0 bridgehead atoms. The zero-order valence-electron chi connectivity index (χ0n) is 21.7. The summed E-state index contributed by atoms with van der Waals surface area (Å²) in [6, 6.07) is 20.4. The first kappa shape index (κ1) is 23.8. The number of rotatable bonds is 5. The lowest BCUT2D eigenvalue weighted by Gasteiger charge is -2.28. The van der Waals surface area contributed by atoms with Gasteiger partial charge in [-0.1, -0.05) is 36.4 Å². The van der Waals surface area contributed by atoms with E-state index < -0.39 is 0 Å². The van der Waals surface area contributed by atoms with E-state index in [1.54, 1.807) is 6.20 Å². The lowest BCUT2D eigenvalue weighted by molar-refractivity contribution is 0.0938. The van der Waals surface area contributed by atoms with Crippen molar-refractivity contribution in [3.05, 3.63) is 95.3 Å². The molecule has 0 saturated carbocycles. The standard InChI is InChI=1S/C31H30N6O2/c38-30(33-25-18-21-5-1-2-6-22(21)19-25)24-8-3-7-23(17-24)28-27-10-12-37(26-9-4-11-32-20-26)29(27)35-31(34-28)36-13-15-39-16-14-36/h1-9,11,17,20,25H,10,12-16,18-19H2,(H,33,38). The molecule has 4 aromatic rings. The van der Waals surface area contributed by atoms with Crippen LogP contribution in [0, 0.1) is 0 Å². The molecule has 39 heavy (non-hydrogen) atoms. The molecule has 2 aromatic carbocycles. The van der Waals surface area contributed by atoms with Gasteiger partial charge in [0.2, 0.25) is 5.95 Å². The zero-order chi connectivity index (χ0) is 26.2. The van der Waals surface area contributed by atoms with Gasteiger partial charge in [-0.2, -0.15) is 4.98 Å². The Balaban J connectivity index is 1.22. The topological polar surface area (TPSA) is 83.5 Å². The number of carbonyl (C=O) groups excluding carboxylic acids is 1. The van der Waals surface area contributed by atoms with Crippen LogP contribution in [0.2, 0.25) is 0 Å². The highest BCUT2D eigenvalue weighted by Crippen LogP contribution is 2.39. The van der Waals surface area contributed by atoms with Gasteiger partial charge in [-0.05, 0) is 54.7 Å². The summed E-state index contributed by atoms with van der Waals surface area (Å²) in [7, 11) is 0. The van der Waals surface area contributed by atoms with Crippen molar-refractivity contribution in [3.63, 3.8) is 0 Å². The third-order valence-corrected chi connectivity index (χ3v) is 7.85. The largest absolute Gasteiger partial charge is 0.378 e. The number of morpholine rings is 1. The monoisotopic (exact) mass is 518 g/mol. The van der Waals surface area contributed by atoms with Gasteiger partial charge in [0, 0.05) is 48.6 Å². The highest BCUT2D eigenvalue weighted by molar-refractivity contribution is 5.96. The van der Waals surface area contributed by atoms with Gasteiger partial charge in [0.25, 0.3) is 5.91 Å². The van der Waals surface area contributed by atoms with Gasteiger partial charge < -0.3 is 19.9 Å². The highest BCUT2D eigenvalue weighted by atomic mass is 16.5. The maximum Gasteiger partial charge on any atom is 0.251 e. The molecule has 8 heteroatoms. The van der Waals surface area contributed by atoms with E-state index in [-0.39, 0.29) is 11.9 Å². The molecule has 0 atom stereocenters. The minimum atomic E-state index is -0.0502. The number of ether oxygens (including phenoxy) is 1. The van der Waals surface area contributed by atoms with Crippen LogP contribution in [-0.4, -0.2) is 59.7 Å². The number of benzene rings is 2. The number of aromatic nitrogens is 3. The van der Waals surface area contributed by atoms with Crippen LogP contribution in [0.5, 0.6) is 0 Å². The Bertz CT molecular complexity index is 1490. The summed E-state index contributed by atoms with van der Waals surface area (Å²) in [5.41, 5.74) is 7.21. The Labute approximate surface area is 227 Å². The van der Waals surface area contributed by atoms with E-state index in [4.69, 9.17) is 14.7 Å². The molecule has 1 fully saturated rings. The highest BCUT2D eigenvalue weighted by Gasteiger charge is 2.30. The molecular formula is C31H30N6O2. The van der Waals surface area contributed by atoms with Crippen LogP contribution in [0.15, 0.2) is 73.1 Å². The van der Waals surface area contributed by atoms with Crippen molar-refractivity contribution in [2.75, 3.05) is 42.6 Å². The van der Waals surface area contributed by atoms with Gasteiger partial charge >= 0.3 is 0 Å². The maximum absolute atomic E-state index is 13.3. The number of nitrogens with zero attached hydrogens (tertiary/aromatic N) is 5. The molecule has 1 N–H and O–H groups in total. The van der Waals surface area contributed by atoms with Crippen LogP contribution in [0.3, 0.4) is 0 Å². The van der Waals surface area contributed by atoms with E-state index in [0.717, 1.165) is 67.2 Å². The Kier molecular flexibility index (Phi) is 6.17. The fourth-order valence-electron chi connectivity index (χ4n) is 5.89. The number of hydrogen-bond acceptors (Lipinski definition) is 7. The van der Waals surface area contributed by atoms with Crippen LogP contribution in [0.25, 0.3) is 11.3 Å². The van der Waals surface area contributed by atoms with Crippen molar-refractivity contribution >= 4 is 23.4 Å². The first-order chi connectivity index (χ1) is 19.2. The molecule has 0 unspecified atom stereocenters. The first-order valence-corrected chi connectivity index (χ1v) is 13.6. The summed E-state index contributed by atoms with van der Waals surface area (Å²) in [6.07, 6.45) is 6.21. The summed E-state index contributed by atoms with van der Waals surface area (Å²) in [5.74, 6) is 1.56. The second kappa shape index (κ2) is 10.1. The van der Waals surface area contributed by atoms with Crippen molar-refractivity contribution in [1.82, 2.24) is 20.3 Å². The van der Waals surface area contributed by atoms with Crippen LogP contribution in [0.4, 0.5) is 17.5 Å². The molecule has 1 amide bonds. The minimum Gasteiger partial charge on any atom is -0.378 e. The second-order valence-electron chi connectivity index (χ2n) is 10.3. The van der Waals surface area contributed by atoms with Crippen molar-refractivity contribution in [1.29, 1.82) is 0 Å². The van der Waals surface area contributed by atoms with Crippen LogP contribution in [0.1, 0.15) is 27.0 Å². The average Bonchev–Trinajstić information content (AvgIpc) is 3.61. The SMILES string of the molecule is O=C(NC1Cc2ccccc2C1)c1cccc(-c2nc(N3CCOCC3)nc3c2CCN3c2cccnc2)c1. The third kappa shape index (κ3) is 4.61. The predicted molar refractivity (Wildman–Crippen MR) is 151 cm³/mol. The molecule has 0 spiro atoms. The molecule has 2 aromatic heterocycles. The molecule has 3 aliphatic rings. The molecule has 1 saturated heterocycles. The predicted octanol–water partition coefficient (Wildman–Crippen LogP) is 3.97. The number of fused-ring (bicyclic) bond motifs is 2. The number of pyridine rings is 1. The Morgan fingerprint density at radius 1 is 0.923 bits per heavy atom. The van der Waals surface area contributed by atoms with Gasteiger partial charge in [0.15, 0.2) is 0 Å². The number of hydrogen-bond donors (Lipinski definition) is 1. The van der Waals surface area contributed by atoms with E-state index in [2.05, 4.69) is 50.4 Å². The van der Waals surface area contributed by atoms with E-state index in [9.17, 15) is 4.79 Å². The molecule has 7 rings (SSSR count). The van der Waals surface area contributed by atoms with Crippen LogP contribution in [-0.2, 0) is 24.0 Å². The van der Waals surface area contributed by atoms with Crippen molar-refractivity contribution < 1.29 is 9.53 Å². The van der Waals surface area contributed by atoms with E-state index in [1.165, 1.54) is 11.1 Å². The fraction of sp³-hybridized carbons (Fsp3) is 0.290. The summed E-state index contributed by atoms with van der Waals surface area (Å²) in [5, 5.41) is 3.26. The summed E-state index contributed by atoms with van der Waals surface area (Å²) in [6.45, 7) is 3.61. The summed E-state index contributed by atoms with van der Waals surface area (Å²) < 4.78 is 5.58. The minimum absolute atomic E-state index is 0.0502. The van der Waals surface area contributed by atoms with Crippen molar-refractivity contribution in [2.24, 2.45) is 0 Å². The van der Waals surface area contributed by atoms with Crippen molar-refractivity contribution in [3.8, 4) is 11.3 Å².